The number of aryl methyl sites for hydroxylation is 1. The van der Waals surface area contributed by atoms with E-state index in [0.29, 0.717) is 0 Å². The molecule has 2 nitrogen and oxygen atoms in total. The lowest BCUT2D eigenvalue weighted by Gasteiger charge is -2.32. The Bertz CT molecular complexity index is 440. The third-order valence-electron chi connectivity index (χ3n) is 6.13. The summed E-state index contributed by atoms with van der Waals surface area (Å²) in [6, 6.07) is 11.0. The SMILES string of the molecule is c1ccc(CCC2CCN(CC3[C@H]4CNC[C@@H]34)CC2)cc1. The van der Waals surface area contributed by atoms with Crippen LogP contribution in [0.15, 0.2) is 30.3 Å². The van der Waals surface area contributed by atoms with Crippen molar-refractivity contribution < 1.29 is 0 Å². The number of nitrogens with one attached hydrogen (secondary N) is 1. The van der Waals surface area contributed by atoms with Crippen LogP contribution in [0.25, 0.3) is 0 Å². The van der Waals surface area contributed by atoms with Gasteiger partial charge >= 0.3 is 0 Å². The maximum Gasteiger partial charge on any atom is 0.00161 e. The molecule has 3 aliphatic rings. The zero-order chi connectivity index (χ0) is 14.1. The van der Waals surface area contributed by atoms with E-state index >= 15 is 0 Å². The zero-order valence-corrected chi connectivity index (χ0v) is 13.0. The maximum atomic E-state index is 3.51. The summed E-state index contributed by atoms with van der Waals surface area (Å²) in [5.41, 5.74) is 1.51. The quantitative estimate of drug-likeness (QED) is 0.894. The van der Waals surface area contributed by atoms with Crippen molar-refractivity contribution in [1.82, 2.24) is 10.2 Å². The van der Waals surface area contributed by atoms with Crippen molar-refractivity contribution in [2.45, 2.75) is 25.7 Å². The molecule has 3 fully saturated rings. The average molecular weight is 284 g/mol. The zero-order valence-electron chi connectivity index (χ0n) is 13.0. The van der Waals surface area contributed by atoms with Crippen molar-refractivity contribution in [2.24, 2.45) is 23.7 Å². The van der Waals surface area contributed by atoms with E-state index in [0.717, 1.165) is 23.7 Å². The van der Waals surface area contributed by atoms with Crippen LogP contribution in [-0.4, -0.2) is 37.6 Å². The van der Waals surface area contributed by atoms with Crippen molar-refractivity contribution in [1.29, 1.82) is 0 Å². The van der Waals surface area contributed by atoms with Crippen LogP contribution >= 0.6 is 0 Å². The van der Waals surface area contributed by atoms with Gasteiger partial charge in [0.2, 0.25) is 0 Å². The smallest absolute Gasteiger partial charge is 0.00161 e. The predicted molar refractivity (Wildman–Crippen MR) is 87.3 cm³/mol. The molecule has 2 saturated heterocycles. The fourth-order valence-electron chi connectivity index (χ4n) is 4.59. The standard InChI is InChI=1S/C19H28N2/c1-2-4-15(5-3-1)6-7-16-8-10-21(11-9-16)14-19-17-12-20-13-18(17)19/h1-5,16-20H,6-14H2/t17-,18+,19?. The summed E-state index contributed by atoms with van der Waals surface area (Å²) in [6.07, 6.45) is 5.50. The molecule has 0 spiro atoms. The third kappa shape index (κ3) is 3.17. The summed E-state index contributed by atoms with van der Waals surface area (Å²) in [6.45, 7) is 6.68. The third-order valence-corrected chi connectivity index (χ3v) is 6.13. The molecule has 1 unspecified atom stereocenters. The number of rotatable bonds is 5. The molecular weight excluding hydrogens is 256 g/mol. The topological polar surface area (TPSA) is 15.3 Å². The van der Waals surface area contributed by atoms with E-state index < -0.39 is 0 Å². The second-order valence-electron chi connectivity index (χ2n) is 7.42. The Kier molecular flexibility index (Phi) is 4.00. The van der Waals surface area contributed by atoms with Gasteiger partial charge in [-0.05, 0) is 81.1 Å². The van der Waals surface area contributed by atoms with Gasteiger partial charge in [-0.15, -0.1) is 0 Å². The molecule has 114 valence electrons. The van der Waals surface area contributed by atoms with E-state index in [2.05, 4.69) is 40.5 Å². The molecule has 1 aliphatic carbocycles. The van der Waals surface area contributed by atoms with Crippen molar-refractivity contribution in [2.75, 3.05) is 32.7 Å². The van der Waals surface area contributed by atoms with Gasteiger partial charge in [0, 0.05) is 6.54 Å². The molecule has 1 aromatic carbocycles. The number of fused-ring (bicyclic) bond motifs is 1. The number of hydrogen-bond donors (Lipinski definition) is 1. The summed E-state index contributed by atoms with van der Waals surface area (Å²) < 4.78 is 0. The number of nitrogens with zero attached hydrogens (tertiary/aromatic N) is 1. The summed E-state index contributed by atoms with van der Waals surface area (Å²) in [5, 5.41) is 3.51. The molecule has 3 atom stereocenters. The lowest BCUT2D eigenvalue weighted by Crippen LogP contribution is -2.36. The van der Waals surface area contributed by atoms with Crippen molar-refractivity contribution in [3.63, 3.8) is 0 Å². The van der Waals surface area contributed by atoms with Crippen molar-refractivity contribution >= 4 is 0 Å². The Morgan fingerprint density at radius 3 is 2.43 bits per heavy atom. The number of likely N-dealkylation sites (tertiary alicyclic amines) is 1. The number of hydrogen-bond acceptors (Lipinski definition) is 2. The summed E-state index contributed by atoms with van der Waals surface area (Å²) in [5.74, 6) is 4.05. The maximum absolute atomic E-state index is 3.51. The largest absolute Gasteiger partial charge is 0.316 e. The average Bonchev–Trinajstić information content (AvgIpc) is 2.97. The molecule has 0 radical (unpaired) electrons. The molecule has 1 N–H and O–H groups in total. The molecule has 4 rings (SSSR count). The first kappa shape index (κ1) is 13.8. The second kappa shape index (κ2) is 6.10. The van der Waals surface area contributed by atoms with Crippen LogP contribution in [0.4, 0.5) is 0 Å². The molecule has 0 bridgehead atoms. The Hall–Kier alpha value is -0.860. The van der Waals surface area contributed by atoms with Gasteiger partial charge in [0.25, 0.3) is 0 Å². The molecule has 1 saturated carbocycles. The fourth-order valence-corrected chi connectivity index (χ4v) is 4.59. The van der Waals surface area contributed by atoms with Gasteiger partial charge in [-0.25, -0.2) is 0 Å². The van der Waals surface area contributed by atoms with Crippen LogP contribution in [0, 0.1) is 23.7 Å². The Balaban J connectivity index is 1.17. The van der Waals surface area contributed by atoms with Crippen LogP contribution in [0.2, 0.25) is 0 Å². The van der Waals surface area contributed by atoms with Gasteiger partial charge in [0.15, 0.2) is 0 Å². The first-order valence-corrected chi connectivity index (χ1v) is 8.87. The van der Waals surface area contributed by atoms with E-state index in [1.165, 1.54) is 64.0 Å². The molecule has 0 aromatic heterocycles. The van der Waals surface area contributed by atoms with Crippen LogP contribution in [0.5, 0.6) is 0 Å². The Labute approximate surface area is 128 Å². The van der Waals surface area contributed by atoms with Crippen LogP contribution in [0.3, 0.4) is 0 Å². The lowest BCUT2D eigenvalue weighted by atomic mass is 9.90. The van der Waals surface area contributed by atoms with Gasteiger partial charge in [0.1, 0.15) is 0 Å². The molecule has 1 aromatic rings. The highest BCUT2D eigenvalue weighted by atomic mass is 15.1. The predicted octanol–water partition coefficient (Wildman–Crippen LogP) is 2.80. The molecule has 2 heterocycles. The van der Waals surface area contributed by atoms with E-state index in [1.54, 1.807) is 0 Å². The highest BCUT2D eigenvalue weighted by Gasteiger charge is 2.52. The van der Waals surface area contributed by atoms with Crippen LogP contribution in [-0.2, 0) is 6.42 Å². The Morgan fingerprint density at radius 1 is 1.00 bits per heavy atom. The minimum Gasteiger partial charge on any atom is -0.316 e. The second-order valence-corrected chi connectivity index (χ2v) is 7.42. The minimum absolute atomic E-state index is 0.960. The van der Waals surface area contributed by atoms with Crippen molar-refractivity contribution in [3.05, 3.63) is 35.9 Å². The first-order valence-electron chi connectivity index (χ1n) is 8.87. The molecule has 0 amide bonds. The van der Waals surface area contributed by atoms with E-state index in [9.17, 15) is 0 Å². The van der Waals surface area contributed by atoms with Crippen LogP contribution < -0.4 is 5.32 Å². The highest BCUT2D eigenvalue weighted by Crippen LogP contribution is 2.49. The summed E-state index contributed by atoms with van der Waals surface area (Å²) in [7, 11) is 0. The van der Waals surface area contributed by atoms with Gasteiger partial charge in [0.05, 0.1) is 0 Å². The first-order chi connectivity index (χ1) is 10.4. The number of piperidine rings is 2. The molecule has 2 aliphatic heterocycles. The normalized spacial score (nSPS) is 33.0. The van der Waals surface area contributed by atoms with E-state index in [1.807, 2.05) is 0 Å². The minimum atomic E-state index is 0.960. The Morgan fingerprint density at radius 2 is 1.71 bits per heavy atom. The van der Waals surface area contributed by atoms with Gasteiger partial charge in [-0.2, -0.15) is 0 Å². The van der Waals surface area contributed by atoms with E-state index in [4.69, 9.17) is 0 Å². The summed E-state index contributed by atoms with van der Waals surface area (Å²) >= 11 is 0. The summed E-state index contributed by atoms with van der Waals surface area (Å²) in [4.78, 5) is 2.75. The fraction of sp³-hybridized carbons (Fsp3) is 0.684. The monoisotopic (exact) mass is 284 g/mol. The van der Waals surface area contributed by atoms with Gasteiger partial charge < -0.3 is 10.2 Å². The van der Waals surface area contributed by atoms with Crippen LogP contribution in [0.1, 0.15) is 24.8 Å². The molecule has 2 heteroatoms. The van der Waals surface area contributed by atoms with Gasteiger partial charge in [-0.3, -0.25) is 0 Å². The molecular formula is C19H28N2. The van der Waals surface area contributed by atoms with Crippen molar-refractivity contribution in [3.8, 4) is 0 Å². The van der Waals surface area contributed by atoms with Gasteiger partial charge in [-0.1, -0.05) is 30.3 Å². The molecule has 21 heavy (non-hydrogen) atoms. The lowest BCUT2D eigenvalue weighted by molar-refractivity contribution is 0.168. The highest BCUT2D eigenvalue weighted by molar-refractivity contribution is 5.14. The van der Waals surface area contributed by atoms with E-state index in [-0.39, 0.29) is 0 Å². The number of benzene rings is 1.